The second-order valence-electron chi connectivity index (χ2n) is 7.83. The molecular weight excluding hydrogens is 352 g/mol. The largest absolute Gasteiger partial charge is 0.378 e. The highest BCUT2D eigenvalue weighted by Crippen LogP contribution is 2.22. The van der Waals surface area contributed by atoms with E-state index in [0.29, 0.717) is 6.04 Å². The van der Waals surface area contributed by atoms with Gasteiger partial charge in [-0.15, -0.1) is 0 Å². The molecule has 0 saturated carbocycles. The third kappa shape index (κ3) is 4.59. The Hall–Kier alpha value is -2.25. The molecule has 7 nitrogen and oxygen atoms in total. The van der Waals surface area contributed by atoms with E-state index in [2.05, 4.69) is 44.7 Å². The standard InChI is InChI=1S/C21H30N6O/c1-17-12-18(14-22-13-17)15-26-7-3-4-19(16-26)25(2)21-23-6-5-20(24-21)27-8-10-28-11-9-27/h5-6,12-14,19H,3-4,7-11,15-16H2,1-2H3. The average Bonchev–Trinajstić information content (AvgIpc) is 2.74. The zero-order valence-electron chi connectivity index (χ0n) is 16.9. The Kier molecular flexibility index (Phi) is 6.02. The number of morpholine rings is 1. The molecule has 2 aromatic rings. The van der Waals surface area contributed by atoms with E-state index in [0.717, 1.165) is 57.7 Å². The second-order valence-corrected chi connectivity index (χ2v) is 7.83. The molecule has 2 aliphatic rings. The fourth-order valence-corrected chi connectivity index (χ4v) is 4.09. The molecule has 2 aliphatic heterocycles. The van der Waals surface area contributed by atoms with Crippen molar-refractivity contribution in [1.82, 2.24) is 19.9 Å². The van der Waals surface area contributed by atoms with Gasteiger partial charge >= 0.3 is 0 Å². The maximum absolute atomic E-state index is 5.46. The van der Waals surface area contributed by atoms with Gasteiger partial charge in [0.1, 0.15) is 5.82 Å². The molecule has 4 heterocycles. The Morgan fingerprint density at radius 3 is 2.89 bits per heavy atom. The highest BCUT2D eigenvalue weighted by atomic mass is 16.5. The molecular formula is C21H30N6O. The third-order valence-corrected chi connectivity index (χ3v) is 5.64. The van der Waals surface area contributed by atoms with Crippen LogP contribution in [-0.4, -0.2) is 72.3 Å². The average molecular weight is 383 g/mol. The normalized spacial score (nSPS) is 20.9. The van der Waals surface area contributed by atoms with Crippen LogP contribution >= 0.6 is 0 Å². The number of piperidine rings is 1. The molecule has 7 heteroatoms. The summed E-state index contributed by atoms with van der Waals surface area (Å²) in [7, 11) is 2.13. The Labute approximate surface area is 167 Å². The van der Waals surface area contributed by atoms with Gasteiger partial charge in [0.15, 0.2) is 0 Å². The van der Waals surface area contributed by atoms with Crippen molar-refractivity contribution in [3.63, 3.8) is 0 Å². The molecule has 0 aliphatic carbocycles. The molecule has 1 unspecified atom stereocenters. The zero-order valence-corrected chi connectivity index (χ0v) is 16.9. The van der Waals surface area contributed by atoms with Gasteiger partial charge in [-0.25, -0.2) is 4.98 Å². The lowest BCUT2D eigenvalue weighted by molar-refractivity contribution is 0.122. The molecule has 2 fully saturated rings. The molecule has 0 radical (unpaired) electrons. The number of hydrogen-bond acceptors (Lipinski definition) is 7. The Morgan fingerprint density at radius 1 is 1.21 bits per heavy atom. The molecule has 0 aromatic carbocycles. The molecule has 4 rings (SSSR count). The Morgan fingerprint density at radius 2 is 2.07 bits per heavy atom. The van der Waals surface area contributed by atoms with Gasteiger partial charge in [0.25, 0.3) is 0 Å². The molecule has 0 N–H and O–H groups in total. The molecule has 1 atom stereocenters. The number of aryl methyl sites for hydroxylation is 1. The smallest absolute Gasteiger partial charge is 0.227 e. The van der Waals surface area contributed by atoms with Crippen LogP contribution in [0.15, 0.2) is 30.7 Å². The predicted octanol–water partition coefficient (Wildman–Crippen LogP) is 2.12. The number of likely N-dealkylation sites (tertiary alicyclic amines) is 1. The van der Waals surface area contributed by atoms with E-state index in [1.165, 1.54) is 24.0 Å². The molecule has 0 bridgehead atoms. The molecule has 0 amide bonds. The van der Waals surface area contributed by atoms with Gasteiger partial charge in [-0.3, -0.25) is 9.88 Å². The van der Waals surface area contributed by atoms with Gasteiger partial charge in [0.2, 0.25) is 5.95 Å². The number of anilines is 2. The number of pyridine rings is 1. The quantitative estimate of drug-likeness (QED) is 0.785. The van der Waals surface area contributed by atoms with Crippen molar-refractivity contribution in [2.45, 2.75) is 32.4 Å². The van der Waals surface area contributed by atoms with E-state index in [-0.39, 0.29) is 0 Å². The van der Waals surface area contributed by atoms with Crippen LogP contribution < -0.4 is 9.80 Å². The molecule has 0 spiro atoms. The lowest BCUT2D eigenvalue weighted by Crippen LogP contribution is -2.47. The number of aromatic nitrogens is 3. The van der Waals surface area contributed by atoms with E-state index < -0.39 is 0 Å². The summed E-state index contributed by atoms with van der Waals surface area (Å²) in [4.78, 5) is 20.8. The van der Waals surface area contributed by atoms with Crippen LogP contribution in [0.2, 0.25) is 0 Å². The van der Waals surface area contributed by atoms with Crippen molar-refractivity contribution in [3.05, 3.63) is 41.9 Å². The van der Waals surface area contributed by atoms with Crippen molar-refractivity contribution in [1.29, 1.82) is 0 Å². The van der Waals surface area contributed by atoms with E-state index in [1.54, 1.807) is 0 Å². The van der Waals surface area contributed by atoms with E-state index in [1.807, 2.05) is 24.7 Å². The minimum Gasteiger partial charge on any atom is -0.378 e. The lowest BCUT2D eigenvalue weighted by Gasteiger charge is -2.38. The maximum atomic E-state index is 5.46. The first-order chi connectivity index (χ1) is 13.7. The minimum atomic E-state index is 0.423. The number of nitrogens with zero attached hydrogens (tertiary/aromatic N) is 6. The molecule has 2 saturated heterocycles. The van der Waals surface area contributed by atoms with Crippen LogP contribution in [0.1, 0.15) is 24.0 Å². The predicted molar refractivity (Wildman–Crippen MR) is 111 cm³/mol. The fraction of sp³-hybridized carbons (Fsp3) is 0.571. The number of ether oxygens (including phenoxy) is 1. The van der Waals surface area contributed by atoms with Crippen LogP contribution in [0, 0.1) is 6.92 Å². The van der Waals surface area contributed by atoms with Gasteiger partial charge in [-0.2, -0.15) is 4.98 Å². The van der Waals surface area contributed by atoms with Crippen molar-refractivity contribution in [3.8, 4) is 0 Å². The van der Waals surface area contributed by atoms with Crippen LogP contribution in [0.5, 0.6) is 0 Å². The van der Waals surface area contributed by atoms with Gasteiger partial charge in [-0.1, -0.05) is 6.07 Å². The van der Waals surface area contributed by atoms with Crippen LogP contribution in [0.25, 0.3) is 0 Å². The van der Waals surface area contributed by atoms with E-state index >= 15 is 0 Å². The van der Waals surface area contributed by atoms with Crippen LogP contribution in [-0.2, 0) is 11.3 Å². The van der Waals surface area contributed by atoms with E-state index in [4.69, 9.17) is 9.72 Å². The second kappa shape index (κ2) is 8.84. The van der Waals surface area contributed by atoms with Crippen molar-refractivity contribution in [2.24, 2.45) is 0 Å². The Balaban J connectivity index is 1.41. The lowest BCUT2D eigenvalue weighted by atomic mass is 10.0. The van der Waals surface area contributed by atoms with Crippen molar-refractivity contribution >= 4 is 11.8 Å². The maximum Gasteiger partial charge on any atom is 0.227 e. The summed E-state index contributed by atoms with van der Waals surface area (Å²) < 4.78 is 5.46. The summed E-state index contributed by atoms with van der Waals surface area (Å²) in [6, 6.07) is 4.65. The molecule has 28 heavy (non-hydrogen) atoms. The summed E-state index contributed by atoms with van der Waals surface area (Å²) >= 11 is 0. The van der Waals surface area contributed by atoms with Gasteiger partial charge < -0.3 is 14.5 Å². The fourth-order valence-electron chi connectivity index (χ4n) is 4.09. The van der Waals surface area contributed by atoms with E-state index in [9.17, 15) is 0 Å². The van der Waals surface area contributed by atoms with Crippen LogP contribution in [0.3, 0.4) is 0 Å². The first-order valence-corrected chi connectivity index (χ1v) is 10.2. The number of hydrogen-bond donors (Lipinski definition) is 0. The third-order valence-electron chi connectivity index (χ3n) is 5.64. The van der Waals surface area contributed by atoms with Crippen molar-refractivity contribution < 1.29 is 4.74 Å². The molecule has 150 valence electrons. The minimum absolute atomic E-state index is 0.423. The highest BCUT2D eigenvalue weighted by molar-refractivity contribution is 5.44. The van der Waals surface area contributed by atoms with Crippen LogP contribution in [0.4, 0.5) is 11.8 Å². The summed E-state index contributed by atoms with van der Waals surface area (Å²) in [5.74, 6) is 1.81. The SMILES string of the molecule is Cc1cncc(CN2CCCC(N(C)c3nccc(N4CCOCC4)n3)C2)c1. The van der Waals surface area contributed by atoms with Crippen molar-refractivity contribution in [2.75, 3.05) is 56.2 Å². The summed E-state index contributed by atoms with van der Waals surface area (Å²) in [5.41, 5.74) is 2.50. The zero-order chi connectivity index (χ0) is 19.3. The summed E-state index contributed by atoms with van der Waals surface area (Å²) in [6.45, 7) is 8.52. The summed E-state index contributed by atoms with van der Waals surface area (Å²) in [5, 5.41) is 0. The topological polar surface area (TPSA) is 57.6 Å². The van der Waals surface area contributed by atoms with Gasteiger partial charge in [0.05, 0.1) is 13.2 Å². The summed E-state index contributed by atoms with van der Waals surface area (Å²) in [6.07, 6.45) is 8.13. The first kappa shape index (κ1) is 19.1. The highest BCUT2D eigenvalue weighted by Gasteiger charge is 2.25. The number of rotatable bonds is 5. The monoisotopic (exact) mass is 382 g/mol. The molecule has 2 aromatic heterocycles. The van der Waals surface area contributed by atoms with Gasteiger partial charge in [-0.05, 0) is 43.5 Å². The first-order valence-electron chi connectivity index (χ1n) is 10.2. The Bertz CT molecular complexity index is 779. The van der Waals surface area contributed by atoms with Gasteiger partial charge in [0, 0.05) is 57.9 Å². The number of likely N-dealkylation sites (N-methyl/N-ethyl adjacent to an activating group) is 1.